The number of aromatic nitrogens is 2. The molecule has 1 aliphatic rings. The topological polar surface area (TPSA) is 79.6 Å². The number of piperidine rings is 1. The maximum absolute atomic E-state index is 12.7. The summed E-state index contributed by atoms with van der Waals surface area (Å²) < 4.78 is 0. The van der Waals surface area contributed by atoms with Gasteiger partial charge < -0.3 is 15.1 Å². The second kappa shape index (κ2) is 10.8. The highest BCUT2D eigenvalue weighted by Crippen LogP contribution is 2.02. The largest absolute Gasteiger partial charge is 0.356 e. The highest BCUT2D eigenvalue weighted by atomic mass is 16.2. The van der Waals surface area contributed by atoms with Crippen molar-refractivity contribution < 1.29 is 14.5 Å². The van der Waals surface area contributed by atoms with Crippen LogP contribution in [-0.2, 0) is 4.79 Å². The number of quaternary nitrogens is 1. The predicted octanol–water partition coefficient (Wildman–Crippen LogP) is -0.0961. The molecule has 7 heteroatoms. The van der Waals surface area contributed by atoms with Gasteiger partial charge in [-0.2, -0.15) is 0 Å². The van der Waals surface area contributed by atoms with Gasteiger partial charge in [-0.25, -0.2) is 4.98 Å². The zero-order chi connectivity index (χ0) is 17.9. The maximum atomic E-state index is 12.7. The highest BCUT2D eigenvalue weighted by Gasteiger charge is 2.21. The molecule has 0 saturated carbocycles. The summed E-state index contributed by atoms with van der Waals surface area (Å²) in [6, 6.07) is 0. The van der Waals surface area contributed by atoms with Gasteiger partial charge in [0.1, 0.15) is 5.69 Å². The first-order valence-electron chi connectivity index (χ1n) is 9.36. The minimum Gasteiger partial charge on any atom is -0.356 e. The third-order valence-corrected chi connectivity index (χ3v) is 4.55. The molecule has 7 nitrogen and oxygen atoms in total. The number of nitrogens with zero attached hydrogens (tertiary/aromatic N) is 3. The molecule has 25 heavy (non-hydrogen) atoms. The maximum Gasteiger partial charge on any atom is 0.274 e. The van der Waals surface area contributed by atoms with Gasteiger partial charge in [-0.05, 0) is 25.7 Å². The van der Waals surface area contributed by atoms with E-state index >= 15 is 0 Å². The van der Waals surface area contributed by atoms with E-state index < -0.39 is 0 Å². The van der Waals surface area contributed by atoms with E-state index in [4.69, 9.17) is 0 Å². The number of carbonyl (C=O) groups excluding carboxylic acids is 2. The fourth-order valence-electron chi connectivity index (χ4n) is 3.07. The summed E-state index contributed by atoms with van der Waals surface area (Å²) in [7, 11) is 0. The predicted molar refractivity (Wildman–Crippen MR) is 95.3 cm³/mol. The van der Waals surface area contributed by atoms with Gasteiger partial charge in [-0.15, -0.1) is 0 Å². The third-order valence-electron chi connectivity index (χ3n) is 4.55. The van der Waals surface area contributed by atoms with Crippen LogP contribution in [-0.4, -0.2) is 66.0 Å². The Labute approximate surface area is 149 Å². The van der Waals surface area contributed by atoms with E-state index in [1.54, 1.807) is 16.0 Å². The molecule has 1 fully saturated rings. The van der Waals surface area contributed by atoms with Crippen LogP contribution in [0.2, 0.25) is 0 Å². The number of amides is 2. The number of likely N-dealkylation sites (tertiary alicyclic amines) is 1. The Bertz CT molecular complexity index is 532. The van der Waals surface area contributed by atoms with Crippen LogP contribution in [0.15, 0.2) is 18.6 Å². The van der Waals surface area contributed by atoms with Crippen molar-refractivity contribution in [3.05, 3.63) is 24.3 Å². The molecule has 2 heterocycles. The Morgan fingerprint density at radius 2 is 2.00 bits per heavy atom. The zero-order valence-electron chi connectivity index (χ0n) is 15.2. The van der Waals surface area contributed by atoms with Crippen LogP contribution in [0, 0.1) is 0 Å². The Morgan fingerprint density at radius 3 is 2.68 bits per heavy atom. The minimum absolute atomic E-state index is 0.0101. The van der Waals surface area contributed by atoms with E-state index in [1.165, 1.54) is 44.7 Å². The lowest BCUT2D eigenvalue weighted by Crippen LogP contribution is -3.13. The van der Waals surface area contributed by atoms with Crippen molar-refractivity contribution in [2.45, 2.75) is 39.0 Å². The van der Waals surface area contributed by atoms with E-state index in [9.17, 15) is 9.59 Å². The Balaban J connectivity index is 1.92. The van der Waals surface area contributed by atoms with Crippen molar-refractivity contribution >= 4 is 11.8 Å². The minimum atomic E-state index is -0.146. The first-order valence-corrected chi connectivity index (χ1v) is 9.36. The smallest absolute Gasteiger partial charge is 0.274 e. The Hall–Kier alpha value is -2.02. The van der Waals surface area contributed by atoms with Gasteiger partial charge in [0, 0.05) is 31.9 Å². The number of hydrogen-bond acceptors (Lipinski definition) is 4. The molecular formula is C18H30N5O2+. The summed E-state index contributed by atoms with van der Waals surface area (Å²) in [5, 5.41) is 2.86. The van der Waals surface area contributed by atoms with Crippen molar-refractivity contribution in [3.8, 4) is 0 Å². The van der Waals surface area contributed by atoms with Gasteiger partial charge in [-0.1, -0.05) is 6.92 Å². The molecule has 0 radical (unpaired) electrons. The van der Waals surface area contributed by atoms with E-state index in [0.29, 0.717) is 31.7 Å². The molecule has 0 unspecified atom stereocenters. The van der Waals surface area contributed by atoms with Crippen LogP contribution in [0.4, 0.5) is 0 Å². The number of rotatable bonds is 9. The van der Waals surface area contributed by atoms with Gasteiger partial charge in [0.15, 0.2) is 0 Å². The molecule has 2 N–H and O–H groups in total. The molecular weight excluding hydrogens is 318 g/mol. The summed E-state index contributed by atoms with van der Waals surface area (Å²) in [5.74, 6) is -0.156. The molecule has 1 aromatic heterocycles. The van der Waals surface area contributed by atoms with E-state index in [-0.39, 0.29) is 11.8 Å². The average Bonchev–Trinajstić information content (AvgIpc) is 2.67. The molecule has 1 aliphatic heterocycles. The fraction of sp³-hybridized carbons (Fsp3) is 0.667. The van der Waals surface area contributed by atoms with Gasteiger partial charge >= 0.3 is 0 Å². The number of carbonyl (C=O) groups is 2. The number of hydrogen-bond donors (Lipinski definition) is 2. The van der Waals surface area contributed by atoms with Crippen LogP contribution in [0.25, 0.3) is 0 Å². The molecule has 0 aliphatic carbocycles. The highest BCUT2D eigenvalue weighted by molar-refractivity contribution is 5.92. The average molecular weight is 348 g/mol. The second-order valence-electron chi connectivity index (χ2n) is 6.54. The summed E-state index contributed by atoms with van der Waals surface area (Å²) in [4.78, 5) is 36.0. The van der Waals surface area contributed by atoms with Crippen LogP contribution >= 0.6 is 0 Å². The summed E-state index contributed by atoms with van der Waals surface area (Å²) in [5.41, 5.74) is 0.338. The first-order chi connectivity index (χ1) is 12.2. The molecule has 0 spiro atoms. The molecule has 2 rings (SSSR count). The van der Waals surface area contributed by atoms with Gasteiger partial charge in [-0.3, -0.25) is 14.6 Å². The Morgan fingerprint density at radius 1 is 1.20 bits per heavy atom. The monoisotopic (exact) mass is 348 g/mol. The lowest BCUT2D eigenvalue weighted by molar-refractivity contribution is -0.904. The SMILES string of the molecule is CCCNC(=O)CCN(CC[NH+]1CCCCC1)C(=O)c1cnccn1. The number of nitrogens with one attached hydrogen (secondary N) is 2. The standard InChI is InChI=1S/C18H29N5O2/c1-2-7-21-17(24)6-12-23(14-13-22-10-4-3-5-11-22)18(25)16-15-19-8-9-20-16/h8-9,15H,2-7,10-14H2,1H3,(H,21,24)/p+1. The van der Waals surface area contributed by atoms with Gasteiger partial charge in [0.2, 0.25) is 5.91 Å². The Kier molecular flexibility index (Phi) is 8.31. The fourth-order valence-corrected chi connectivity index (χ4v) is 3.07. The molecule has 2 amide bonds. The van der Waals surface area contributed by atoms with Gasteiger partial charge in [0.05, 0.1) is 32.4 Å². The molecule has 1 saturated heterocycles. The third kappa shape index (κ3) is 6.78. The van der Waals surface area contributed by atoms with Crippen molar-refractivity contribution in [2.75, 3.05) is 39.3 Å². The van der Waals surface area contributed by atoms with E-state index in [0.717, 1.165) is 13.0 Å². The molecule has 1 aromatic rings. The van der Waals surface area contributed by atoms with Crippen molar-refractivity contribution in [1.29, 1.82) is 0 Å². The van der Waals surface area contributed by atoms with Crippen LogP contribution in [0.5, 0.6) is 0 Å². The van der Waals surface area contributed by atoms with Crippen molar-refractivity contribution in [3.63, 3.8) is 0 Å². The second-order valence-corrected chi connectivity index (χ2v) is 6.54. The molecule has 0 aromatic carbocycles. The quantitative estimate of drug-likeness (QED) is 0.653. The summed E-state index contributed by atoms with van der Waals surface area (Å²) >= 11 is 0. The molecule has 0 bridgehead atoms. The molecule has 138 valence electrons. The van der Waals surface area contributed by atoms with Crippen molar-refractivity contribution in [2.24, 2.45) is 0 Å². The molecule has 0 atom stereocenters. The lowest BCUT2D eigenvalue weighted by Gasteiger charge is -2.27. The van der Waals surface area contributed by atoms with Crippen molar-refractivity contribution in [1.82, 2.24) is 20.2 Å². The lowest BCUT2D eigenvalue weighted by atomic mass is 10.1. The van der Waals surface area contributed by atoms with Crippen LogP contribution in [0.3, 0.4) is 0 Å². The zero-order valence-corrected chi connectivity index (χ0v) is 15.2. The van der Waals surface area contributed by atoms with E-state index in [2.05, 4.69) is 15.3 Å². The summed E-state index contributed by atoms with van der Waals surface area (Å²) in [6.07, 6.45) is 9.61. The first kappa shape index (κ1) is 19.3. The summed E-state index contributed by atoms with van der Waals surface area (Å²) in [6.45, 7) is 7.02. The van der Waals surface area contributed by atoms with Gasteiger partial charge in [0.25, 0.3) is 5.91 Å². The van der Waals surface area contributed by atoms with Crippen LogP contribution in [0.1, 0.15) is 49.5 Å². The van der Waals surface area contributed by atoms with E-state index in [1.807, 2.05) is 6.92 Å². The normalized spacial score (nSPS) is 14.9. The van der Waals surface area contributed by atoms with Crippen LogP contribution < -0.4 is 10.2 Å².